The first-order valence-corrected chi connectivity index (χ1v) is 6.77. The molecule has 2 rings (SSSR count). The number of nitrogens with one attached hydrogen (secondary N) is 1. The number of hydrogen-bond donors (Lipinski definition) is 1. The molecule has 0 aromatic carbocycles. The molecule has 1 fully saturated rings. The molecule has 1 saturated heterocycles. The van der Waals surface area contributed by atoms with Gasteiger partial charge in [0, 0.05) is 50.7 Å². The zero-order chi connectivity index (χ0) is 13.8. The molecule has 1 N–H and O–H groups in total. The predicted octanol–water partition coefficient (Wildman–Crippen LogP) is 0.477. The summed E-state index contributed by atoms with van der Waals surface area (Å²) in [5.41, 5.74) is -0.0339. The Morgan fingerprint density at radius 3 is 2.32 bits per heavy atom. The molecular weight excluding hydrogens is 242 g/mol. The van der Waals surface area contributed by atoms with Crippen LogP contribution in [0.5, 0.6) is 0 Å². The summed E-state index contributed by atoms with van der Waals surface area (Å²) in [6, 6.07) is 2.76. The van der Waals surface area contributed by atoms with Crippen molar-refractivity contribution in [2.45, 2.75) is 19.9 Å². The molecule has 104 valence electrons. The van der Waals surface area contributed by atoms with Gasteiger partial charge in [-0.1, -0.05) is 13.8 Å². The number of amides is 1. The van der Waals surface area contributed by atoms with E-state index in [9.17, 15) is 9.59 Å². The third-order valence-electron chi connectivity index (χ3n) is 3.46. The fraction of sp³-hybridized carbons (Fsp3) is 0.571. The lowest BCUT2D eigenvalue weighted by atomic mass is 10.0. The van der Waals surface area contributed by atoms with Crippen LogP contribution < -0.4 is 10.7 Å². The molecule has 2 heterocycles. The Morgan fingerprint density at radius 2 is 1.79 bits per heavy atom. The van der Waals surface area contributed by atoms with Gasteiger partial charge < -0.3 is 14.8 Å². The van der Waals surface area contributed by atoms with Crippen LogP contribution >= 0.6 is 0 Å². The molecule has 0 spiro atoms. The molecular formula is C14H21N3O2. The molecule has 19 heavy (non-hydrogen) atoms. The first-order valence-electron chi connectivity index (χ1n) is 6.77. The van der Waals surface area contributed by atoms with E-state index in [0.29, 0.717) is 0 Å². The van der Waals surface area contributed by atoms with Crippen molar-refractivity contribution >= 4 is 5.91 Å². The summed E-state index contributed by atoms with van der Waals surface area (Å²) >= 11 is 0. The fourth-order valence-electron chi connectivity index (χ4n) is 2.44. The molecule has 0 aliphatic carbocycles. The van der Waals surface area contributed by atoms with Crippen molar-refractivity contribution in [3.63, 3.8) is 0 Å². The minimum Gasteiger partial charge on any atom is -0.341 e. The van der Waals surface area contributed by atoms with Crippen molar-refractivity contribution in [2.75, 3.05) is 26.2 Å². The van der Waals surface area contributed by atoms with Crippen LogP contribution in [-0.2, 0) is 4.79 Å². The van der Waals surface area contributed by atoms with Crippen LogP contribution in [0.3, 0.4) is 0 Å². The van der Waals surface area contributed by atoms with Crippen molar-refractivity contribution in [1.29, 1.82) is 0 Å². The zero-order valence-corrected chi connectivity index (χ0v) is 11.5. The van der Waals surface area contributed by atoms with Crippen molar-refractivity contribution < 1.29 is 4.79 Å². The molecule has 5 heteroatoms. The van der Waals surface area contributed by atoms with E-state index >= 15 is 0 Å². The summed E-state index contributed by atoms with van der Waals surface area (Å²) in [5.74, 6) is 0.324. The molecule has 5 nitrogen and oxygen atoms in total. The molecule has 1 unspecified atom stereocenters. The third kappa shape index (κ3) is 3.23. The largest absolute Gasteiger partial charge is 0.341 e. The lowest BCUT2D eigenvalue weighted by Crippen LogP contribution is -2.49. The number of rotatable bonds is 3. The van der Waals surface area contributed by atoms with Gasteiger partial charge in [-0.05, 0) is 5.92 Å². The van der Waals surface area contributed by atoms with Gasteiger partial charge in [-0.15, -0.1) is 0 Å². The summed E-state index contributed by atoms with van der Waals surface area (Å²) < 4.78 is 1.84. The minimum atomic E-state index is -0.237. The normalized spacial score (nSPS) is 17.5. The average molecular weight is 263 g/mol. The second-order valence-corrected chi connectivity index (χ2v) is 5.25. The Bertz CT molecular complexity index is 469. The van der Waals surface area contributed by atoms with E-state index in [2.05, 4.69) is 5.32 Å². The van der Waals surface area contributed by atoms with Gasteiger partial charge in [-0.25, -0.2) is 0 Å². The second kappa shape index (κ2) is 6.02. The van der Waals surface area contributed by atoms with Crippen LogP contribution in [-0.4, -0.2) is 41.6 Å². The van der Waals surface area contributed by atoms with E-state index in [4.69, 9.17) is 0 Å². The smallest absolute Gasteiger partial charge is 0.245 e. The van der Waals surface area contributed by atoms with E-state index in [-0.39, 0.29) is 23.3 Å². The van der Waals surface area contributed by atoms with Gasteiger partial charge in [0.1, 0.15) is 6.04 Å². The number of carbonyl (C=O) groups is 1. The van der Waals surface area contributed by atoms with Crippen LogP contribution in [0.15, 0.2) is 29.3 Å². The Labute approximate surface area is 113 Å². The summed E-state index contributed by atoms with van der Waals surface area (Å²) in [4.78, 5) is 25.7. The molecule has 0 radical (unpaired) electrons. The first kappa shape index (κ1) is 13.8. The van der Waals surface area contributed by atoms with Gasteiger partial charge in [0.2, 0.25) is 5.91 Å². The molecule has 1 aliphatic rings. The maximum atomic E-state index is 12.6. The van der Waals surface area contributed by atoms with Gasteiger partial charge in [0.15, 0.2) is 5.43 Å². The van der Waals surface area contributed by atoms with Gasteiger partial charge in [-0.3, -0.25) is 9.59 Å². The maximum Gasteiger partial charge on any atom is 0.245 e. The number of hydrogen-bond acceptors (Lipinski definition) is 3. The molecule has 1 amide bonds. The molecule has 1 aromatic rings. The lowest BCUT2D eigenvalue weighted by molar-refractivity contribution is -0.136. The van der Waals surface area contributed by atoms with Crippen LogP contribution in [0.2, 0.25) is 0 Å². The molecule has 1 aromatic heterocycles. The summed E-state index contributed by atoms with van der Waals surface area (Å²) in [6.07, 6.45) is 3.40. The van der Waals surface area contributed by atoms with Gasteiger partial charge in [0.25, 0.3) is 0 Å². The van der Waals surface area contributed by atoms with E-state index in [1.54, 1.807) is 12.4 Å². The zero-order valence-electron chi connectivity index (χ0n) is 11.5. The van der Waals surface area contributed by atoms with Crippen molar-refractivity contribution in [3.05, 3.63) is 34.7 Å². The highest BCUT2D eigenvalue weighted by Crippen LogP contribution is 2.20. The molecule has 0 bridgehead atoms. The fourth-order valence-corrected chi connectivity index (χ4v) is 2.44. The minimum absolute atomic E-state index is 0.0339. The van der Waals surface area contributed by atoms with Gasteiger partial charge in [0.05, 0.1) is 0 Å². The van der Waals surface area contributed by atoms with Gasteiger partial charge in [-0.2, -0.15) is 0 Å². The number of nitrogens with zero attached hydrogens (tertiary/aromatic N) is 2. The van der Waals surface area contributed by atoms with Crippen molar-refractivity contribution in [3.8, 4) is 0 Å². The van der Waals surface area contributed by atoms with E-state index < -0.39 is 0 Å². The summed E-state index contributed by atoms with van der Waals surface area (Å²) in [5, 5.41) is 3.24. The highest BCUT2D eigenvalue weighted by atomic mass is 16.2. The van der Waals surface area contributed by atoms with Crippen LogP contribution in [0, 0.1) is 5.92 Å². The Kier molecular flexibility index (Phi) is 4.37. The summed E-state index contributed by atoms with van der Waals surface area (Å²) in [7, 11) is 0. The molecule has 1 aliphatic heterocycles. The second-order valence-electron chi connectivity index (χ2n) is 5.25. The Balaban J connectivity index is 2.21. The van der Waals surface area contributed by atoms with Crippen molar-refractivity contribution in [2.24, 2.45) is 5.92 Å². The van der Waals surface area contributed by atoms with E-state index in [1.165, 1.54) is 12.1 Å². The van der Waals surface area contributed by atoms with Crippen molar-refractivity contribution in [1.82, 2.24) is 14.8 Å². The summed E-state index contributed by atoms with van der Waals surface area (Å²) in [6.45, 7) is 7.26. The monoisotopic (exact) mass is 263 g/mol. The highest BCUT2D eigenvalue weighted by Gasteiger charge is 2.28. The van der Waals surface area contributed by atoms with Gasteiger partial charge >= 0.3 is 0 Å². The molecule has 1 atom stereocenters. The van der Waals surface area contributed by atoms with E-state index in [1.807, 2.05) is 23.3 Å². The van der Waals surface area contributed by atoms with Crippen LogP contribution in [0.4, 0.5) is 0 Å². The topological polar surface area (TPSA) is 54.3 Å². The Morgan fingerprint density at radius 1 is 1.21 bits per heavy atom. The number of piperazine rings is 1. The molecule has 0 saturated carbocycles. The SMILES string of the molecule is CC(C)C(C(=O)N1CCNCC1)n1ccc(=O)cc1. The van der Waals surface area contributed by atoms with Crippen LogP contribution in [0.1, 0.15) is 19.9 Å². The Hall–Kier alpha value is -1.62. The number of aromatic nitrogens is 1. The third-order valence-corrected chi connectivity index (χ3v) is 3.46. The highest BCUT2D eigenvalue weighted by molar-refractivity contribution is 5.80. The number of pyridine rings is 1. The lowest BCUT2D eigenvalue weighted by Gasteiger charge is -2.33. The number of carbonyl (C=O) groups excluding carboxylic acids is 1. The quantitative estimate of drug-likeness (QED) is 0.863. The maximum absolute atomic E-state index is 12.6. The van der Waals surface area contributed by atoms with Crippen LogP contribution in [0.25, 0.3) is 0 Å². The average Bonchev–Trinajstić information content (AvgIpc) is 2.42. The first-order chi connectivity index (χ1) is 9.09. The standard InChI is InChI=1S/C14H21N3O2/c1-11(2)13(16-7-3-12(18)4-8-16)14(19)17-9-5-15-6-10-17/h3-4,7-8,11,13,15H,5-6,9-10H2,1-2H3. The van der Waals surface area contributed by atoms with E-state index in [0.717, 1.165) is 26.2 Å². The predicted molar refractivity (Wildman–Crippen MR) is 74.0 cm³/mol.